The molecule has 0 spiro atoms. The zero-order valence-electron chi connectivity index (χ0n) is 12.7. The van der Waals surface area contributed by atoms with E-state index in [1.807, 2.05) is 0 Å². The van der Waals surface area contributed by atoms with Crippen molar-refractivity contribution in [1.82, 2.24) is 0 Å². The van der Waals surface area contributed by atoms with Crippen LogP contribution >= 0.6 is 0 Å². The van der Waals surface area contributed by atoms with Gasteiger partial charge in [0.25, 0.3) is 0 Å². The van der Waals surface area contributed by atoms with Gasteiger partial charge in [-0.3, -0.25) is 0 Å². The van der Waals surface area contributed by atoms with E-state index in [9.17, 15) is 18.0 Å². The lowest BCUT2D eigenvalue weighted by Gasteiger charge is -2.16. The van der Waals surface area contributed by atoms with Crippen LogP contribution in [0.4, 0.5) is 13.2 Å². The molecule has 0 N–H and O–H groups in total. The van der Waals surface area contributed by atoms with Crippen molar-refractivity contribution in [3.63, 3.8) is 0 Å². The van der Waals surface area contributed by atoms with Crippen LogP contribution in [0.3, 0.4) is 0 Å². The van der Waals surface area contributed by atoms with Crippen LogP contribution in [-0.2, 0) is 26.9 Å². The molecule has 3 nitrogen and oxygen atoms in total. The molecule has 0 bridgehead atoms. The van der Waals surface area contributed by atoms with Crippen molar-refractivity contribution in [3.05, 3.63) is 59.2 Å². The molecule has 24 heavy (non-hydrogen) atoms. The Bertz CT molecular complexity index is 735. The topological polar surface area (TPSA) is 35.5 Å². The number of aldehydes is 1. The number of carbonyl (C=O) groups is 1. The second-order valence-electron chi connectivity index (χ2n) is 5.45. The van der Waals surface area contributed by atoms with Crippen LogP contribution in [0.25, 0.3) is 11.1 Å². The molecule has 126 valence electrons. The van der Waals surface area contributed by atoms with Gasteiger partial charge < -0.3 is 14.3 Å². The van der Waals surface area contributed by atoms with Gasteiger partial charge in [-0.05, 0) is 28.8 Å². The molecular weight excluding hydrogens is 321 g/mol. The summed E-state index contributed by atoms with van der Waals surface area (Å²) in [7, 11) is 0. The fraction of sp³-hybridized carbons (Fsp3) is 0.278. The van der Waals surface area contributed by atoms with Crippen molar-refractivity contribution in [2.75, 3.05) is 13.2 Å². The van der Waals surface area contributed by atoms with Crippen molar-refractivity contribution in [2.24, 2.45) is 0 Å². The number of benzene rings is 2. The minimum absolute atomic E-state index is 0.0485. The van der Waals surface area contributed by atoms with Gasteiger partial charge in [-0.1, -0.05) is 30.3 Å². The number of alkyl halides is 3. The number of carbonyl (C=O) groups excluding carboxylic acids is 1. The molecule has 1 aliphatic heterocycles. The summed E-state index contributed by atoms with van der Waals surface area (Å²) in [6, 6.07) is 10.6. The van der Waals surface area contributed by atoms with E-state index in [0.717, 1.165) is 6.07 Å². The van der Waals surface area contributed by atoms with E-state index < -0.39 is 18.0 Å². The van der Waals surface area contributed by atoms with Gasteiger partial charge in [0.05, 0.1) is 18.8 Å². The summed E-state index contributed by atoms with van der Waals surface area (Å²) >= 11 is 0. The summed E-state index contributed by atoms with van der Waals surface area (Å²) in [5, 5.41) is 0. The van der Waals surface area contributed by atoms with Crippen LogP contribution in [0.2, 0.25) is 0 Å². The summed E-state index contributed by atoms with van der Waals surface area (Å²) in [6.45, 7) is 0.923. The maximum absolute atomic E-state index is 13.4. The Morgan fingerprint density at radius 2 is 1.83 bits per heavy atom. The van der Waals surface area contributed by atoms with E-state index >= 15 is 0 Å². The highest BCUT2D eigenvalue weighted by molar-refractivity contribution is 5.70. The normalized spacial score (nSPS) is 15.6. The van der Waals surface area contributed by atoms with E-state index in [4.69, 9.17) is 9.47 Å². The fourth-order valence-corrected chi connectivity index (χ4v) is 2.70. The number of rotatable bonds is 4. The van der Waals surface area contributed by atoms with Crippen LogP contribution < -0.4 is 0 Å². The van der Waals surface area contributed by atoms with Gasteiger partial charge in [0, 0.05) is 12.0 Å². The SMILES string of the molecule is O=CCc1ccc(-c2cccc(C3OCCO3)c2)c(C(F)(F)F)c1. The Balaban J connectivity index is 2.05. The molecule has 0 radical (unpaired) electrons. The Hall–Kier alpha value is -2.18. The van der Waals surface area contributed by atoms with Crippen LogP contribution in [0.1, 0.15) is 23.0 Å². The Morgan fingerprint density at radius 3 is 2.50 bits per heavy atom. The smallest absolute Gasteiger partial charge is 0.346 e. The van der Waals surface area contributed by atoms with E-state index in [-0.39, 0.29) is 12.0 Å². The van der Waals surface area contributed by atoms with Crippen LogP contribution in [0.15, 0.2) is 42.5 Å². The van der Waals surface area contributed by atoms with Crippen molar-refractivity contribution in [1.29, 1.82) is 0 Å². The molecule has 0 saturated carbocycles. The minimum Gasteiger partial charge on any atom is -0.346 e. The second-order valence-corrected chi connectivity index (χ2v) is 5.45. The average molecular weight is 336 g/mol. The highest BCUT2D eigenvalue weighted by Gasteiger charge is 2.34. The monoisotopic (exact) mass is 336 g/mol. The first kappa shape index (κ1) is 16.7. The first-order valence-corrected chi connectivity index (χ1v) is 7.46. The molecule has 1 fully saturated rings. The lowest BCUT2D eigenvalue weighted by molar-refractivity contribution is -0.137. The minimum atomic E-state index is -4.51. The second kappa shape index (κ2) is 6.75. The third-order valence-electron chi connectivity index (χ3n) is 3.80. The molecule has 0 amide bonds. The Kier molecular flexibility index (Phi) is 4.69. The van der Waals surface area contributed by atoms with Gasteiger partial charge in [0.2, 0.25) is 0 Å². The standard InChI is InChI=1S/C18H15F3O3/c19-18(20,21)16-10-12(6-7-22)4-5-15(16)13-2-1-3-14(11-13)17-23-8-9-24-17/h1-5,7,10-11,17H,6,8-9H2. The molecule has 6 heteroatoms. The Morgan fingerprint density at radius 1 is 1.08 bits per heavy atom. The van der Waals surface area contributed by atoms with E-state index in [2.05, 4.69) is 0 Å². The zero-order valence-corrected chi connectivity index (χ0v) is 12.7. The van der Waals surface area contributed by atoms with E-state index in [0.29, 0.717) is 36.2 Å². The molecule has 0 aromatic heterocycles. The average Bonchev–Trinajstić information content (AvgIpc) is 3.09. The summed E-state index contributed by atoms with van der Waals surface area (Å²) in [4.78, 5) is 10.6. The van der Waals surface area contributed by atoms with Gasteiger partial charge >= 0.3 is 6.18 Å². The molecule has 0 aliphatic carbocycles. The van der Waals surface area contributed by atoms with E-state index in [1.54, 1.807) is 24.3 Å². The van der Waals surface area contributed by atoms with Gasteiger partial charge in [-0.15, -0.1) is 0 Å². The summed E-state index contributed by atoms with van der Waals surface area (Å²) < 4.78 is 51.0. The number of hydrogen-bond donors (Lipinski definition) is 0. The van der Waals surface area contributed by atoms with Crippen LogP contribution in [-0.4, -0.2) is 19.5 Å². The predicted molar refractivity (Wildman–Crippen MR) is 81.3 cm³/mol. The van der Waals surface area contributed by atoms with Gasteiger partial charge in [-0.2, -0.15) is 13.2 Å². The molecule has 1 saturated heterocycles. The maximum Gasteiger partial charge on any atom is 0.417 e. The van der Waals surface area contributed by atoms with Crippen LogP contribution in [0, 0.1) is 0 Å². The molecule has 1 heterocycles. The van der Waals surface area contributed by atoms with Crippen LogP contribution in [0.5, 0.6) is 0 Å². The van der Waals surface area contributed by atoms with Gasteiger partial charge in [0.15, 0.2) is 6.29 Å². The largest absolute Gasteiger partial charge is 0.417 e. The lowest BCUT2D eigenvalue weighted by Crippen LogP contribution is -2.08. The predicted octanol–water partition coefficient (Wildman–Crippen LogP) is 4.16. The third kappa shape index (κ3) is 3.49. The van der Waals surface area contributed by atoms with E-state index in [1.165, 1.54) is 12.1 Å². The summed E-state index contributed by atoms with van der Waals surface area (Å²) in [6.07, 6.45) is -4.52. The Labute approximate surface area is 137 Å². The molecule has 3 rings (SSSR count). The van der Waals surface area contributed by atoms with Gasteiger partial charge in [-0.25, -0.2) is 0 Å². The first-order chi connectivity index (χ1) is 11.5. The lowest BCUT2D eigenvalue weighted by atomic mass is 9.95. The third-order valence-corrected chi connectivity index (χ3v) is 3.80. The molecule has 2 aromatic rings. The zero-order chi connectivity index (χ0) is 17.2. The quantitative estimate of drug-likeness (QED) is 0.787. The maximum atomic E-state index is 13.4. The van der Waals surface area contributed by atoms with Crippen molar-refractivity contribution >= 4 is 6.29 Å². The number of ether oxygens (including phenoxy) is 2. The molecule has 1 aliphatic rings. The van der Waals surface area contributed by atoms with Crippen molar-refractivity contribution < 1.29 is 27.4 Å². The first-order valence-electron chi connectivity index (χ1n) is 7.46. The summed E-state index contributed by atoms with van der Waals surface area (Å²) in [5.41, 5.74) is 0.746. The van der Waals surface area contributed by atoms with Crippen molar-refractivity contribution in [3.8, 4) is 11.1 Å². The molecule has 0 unspecified atom stereocenters. The summed E-state index contributed by atoms with van der Waals surface area (Å²) in [5.74, 6) is 0. The fourth-order valence-electron chi connectivity index (χ4n) is 2.70. The van der Waals surface area contributed by atoms with Crippen molar-refractivity contribution in [2.45, 2.75) is 18.9 Å². The number of halogens is 3. The highest BCUT2D eigenvalue weighted by Crippen LogP contribution is 2.38. The van der Waals surface area contributed by atoms with Gasteiger partial charge in [0.1, 0.15) is 6.29 Å². The molecule has 2 aromatic carbocycles. The molecule has 0 atom stereocenters. The highest BCUT2D eigenvalue weighted by atomic mass is 19.4. The molecular formula is C18H15F3O3. The number of hydrogen-bond acceptors (Lipinski definition) is 3.